The molecule has 4 rings (SSSR count). The van der Waals surface area contributed by atoms with Gasteiger partial charge in [0.25, 0.3) is 0 Å². The second kappa shape index (κ2) is 6.89. The van der Waals surface area contributed by atoms with E-state index in [0.29, 0.717) is 11.3 Å². The van der Waals surface area contributed by atoms with Crippen molar-refractivity contribution in [2.45, 2.75) is 12.8 Å². The topological polar surface area (TPSA) is 48.6 Å². The Bertz CT molecular complexity index is 996. The Balaban J connectivity index is 1.70. The highest BCUT2D eigenvalue weighted by Gasteiger charge is 2.20. The van der Waals surface area contributed by atoms with Crippen LogP contribution in [0.3, 0.4) is 0 Å². The maximum absolute atomic E-state index is 12.8. The molecule has 26 heavy (non-hydrogen) atoms. The molecule has 0 amide bonds. The molecule has 0 radical (unpaired) electrons. The Labute approximate surface area is 152 Å². The molecular formula is C23H20N2O. The van der Waals surface area contributed by atoms with Crippen molar-refractivity contribution in [1.82, 2.24) is 9.97 Å². The maximum Gasteiger partial charge on any atom is 0.209 e. The predicted octanol–water partition coefficient (Wildman–Crippen LogP) is 5.06. The largest absolute Gasteiger partial charge is 0.364 e. The van der Waals surface area contributed by atoms with E-state index in [9.17, 15) is 4.79 Å². The van der Waals surface area contributed by atoms with Gasteiger partial charge < -0.3 is 9.97 Å². The molecule has 0 aliphatic rings. The Morgan fingerprint density at radius 2 is 1.58 bits per heavy atom. The highest BCUT2D eigenvalue weighted by Crippen LogP contribution is 2.30. The van der Waals surface area contributed by atoms with E-state index in [-0.39, 0.29) is 11.7 Å². The summed E-state index contributed by atoms with van der Waals surface area (Å²) in [7, 11) is 0. The van der Waals surface area contributed by atoms with Crippen LogP contribution in [0.1, 0.15) is 44.5 Å². The van der Waals surface area contributed by atoms with Gasteiger partial charge in [0.05, 0.1) is 11.6 Å². The summed E-state index contributed by atoms with van der Waals surface area (Å²) in [4.78, 5) is 19.4. The zero-order valence-corrected chi connectivity index (χ0v) is 14.6. The van der Waals surface area contributed by atoms with Crippen LogP contribution in [0.15, 0.2) is 85.1 Å². The Kier molecular flexibility index (Phi) is 4.28. The number of aryl methyl sites for hydroxylation is 1. The van der Waals surface area contributed by atoms with Crippen LogP contribution in [-0.2, 0) is 0 Å². The van der Waals surface area contributed by atoms with E-state index in [2.05, 4.69) is 28.2 Å². The summed E-state index contributed by atoms with van der Waals surface area (Å²) in [6.07, 6.45) is 1.92. The first-order chi connectivity index (χ1) is 12.7. The van der Waals surface area contributed by atoms with Crippen LogP contribution in [-0.4, -0.2) is 15.8 Å². The molecule has 0 saturated heterocycles. The van der Waals surface area contributed by atoms with Crippen LogP contribution in [0.25, 0.3) is 0 Å². The molecule has 0 aliphatic heterocycles. The van der Waals surface area contributed by atoms with Gasteiger partial charge in [-0.15, -0.1) is 0 Å². The lowest BCUT2D eigenvalue weighted by atomic mass is 9.93. The van der Waals surface area contributed by atoms with Crippen molar-refractivity contribution in [2.75, 3.05) is 0 Å². The van der Waals surface area contributed by atoms with E-state index in [1.807, 2.05) is 73.8 Å². The van der Waals surface area contributed by atoms with Crippen molar-refractivity contribution in [2.24, 2.45) is 0 Å². The second-order valence-electron chi connectivity index (χ2n) is 6.49. The molecule has 2 N–H and O–H groups in total. The highest BCUT2D eigenvalue weighted by atomic mass is 16.1. The first-order valence-corrected chi connectivity index (χ1v) is 8.71. The van der Waals surface area contributed by atoms with Crippen molar-refractivity contribution in [3.05, 3.63) is 119 Å². The first-order valence-electron chi connectivity index (χ1n) is 8.71. The van der Waals surface area contributed by atoms with E-state index in [4.69, 9.17) is 0 Å². The molecule has 2 aromatic carbocycles. The molecule has 2 aromatic heterocycles. The fraction of sp³-hybridized carbons (Fsp3) is 0.0870. The maximum atomic E-state index is 12.8. The Morgan fingerprint density at radius 1 is 0.808 bits per heavy atom. The molecule has 3 heteroatoms. The summed E-state index contributed by atoms with van der Waals surface area (Å²) in [6, 6.07) is 25.9. The monoisotopic (exact) mass is 340 g/mol. The van der Waals surface area contributed by atoms with Gasteiger partial charge in [-0.2, -0.15) is 0 Å². The van der Waals surface area contributed by atoms with Crippen molar-refractivity contribution in [1.29, 1.82) is 0 Å². The molecule has 3 nitrogen and oxygen atoms in total. The van der Waals surface area contributed by atoms with Crippen molar-refractivity contribution in [3.8, 4) is 0 Å². The highest BCUT2D eigenvalue weighted by molar-refractivity contribution is 6.07. The van der Waals surface area contributed by atoms with E-state index in [1.165, 1.54) is 5.56 Å². The van der Waals surface area contributed by atoms with Crippen LogP contribution in [0, 0.1) is 6.92 Å². The van der Waals surface area contributed by atoms with Gasteiger partial charge in [-0.1, -0.05) is 60.2 Å². The predicted molar refractivity (Wildman–Crippen MR) is 104 cm³/mol. The molecule has 0 saturated carbocycles. The third-order valence-electron chi connectivity index (χ3n) is 4.64. The number of nitrogens with one attached hydrogen (secondary N) is 2. The van der Waals surface area contributed by atoms with Crippen LogP contribution < -0.4 is 0 Å². The zero-order chi connectivity index (χ0) is 17.9. The van der Waals surface area contributed by atoms with Crippen LogP contribution in [0.5, 0.6) is 0 Å². The molecule has 0 fully saturated rings. The Morgan fingerprint density at radius 3 is 2.27 bits per heavy atom. The average Bonchev–Trinajstić information content (AvgIpc) is 3.36. The van der Waals surface area contributed by atoms with Gasteiger partial charge >= 0.3 is 0 Å². The van der Waals surface area contributed by atoms with Crippen molar-refractivity contribution in [3.63, 3.8) is 0 Å². The molecule has 1 unspecified atom stereocenters. The molecule has 128 valence electrons. The SMILES string of the molecule is Cc1ccc(C(=O)c2ccc(C(c3ccccc3)c3ccc[nH]3)[nH]2)cc1. The molecule has 0 aliphatic carbocycles. The van der Waals surface area contributed by atoms with Gasteiger partial charge in [-0.05, 0) is 36.8 Å². The van der Waals surface area contributed by atoms with Gasteiger partial charge in [0.2, 0.25) is 5.78 Å². The minimum atomic E-state index is 0.00884. The number of ketones is 1. The van der Waals surface area contributed by atoms with E-state index in [0.717, 1.165) is 17.0 Å². The number of hydrogen-bond acceptors (Lipinski definition) is 1. The average molecular weight is 340 g/mol. The number of rotatable bonds is 5. The van der Waals surface area contributed by atoms with Crippen LogP contribution in [0.2, 0.25) is 0 Å². The number of benzene rings is 2. The van der Waals surface area contributed by atoms with Gasteiger partial charge in [0, 0.05) is 23.1 Å². The molecule has 0 bridgehead atoms. The molecular weight excluding hydrogens is 320 g/mol. The summed E-state index contributed by atoms with van der Waals surface area (Å²) in [6.45, 7) is 2.02. The van der Waals surface area contributed by atoms with Crippen LogP contribution in [0.4, 0.5) is 0 Å². The molecule has 1 atom stereocenters. The lowest BCUT2D eigenvalue weighted by molar-refractivity contribution is 0.103. The standard InChI is InChI=1S/C23H20N2O/c1-16-9-11-18(12-10-16)23(26)21-14-13-20(25-21)22(19-8-5-15-24-19)17-6-3-2-4-7-17/h2-15,22,24-25H,1H3. The number of aromatic amines is 2. The normalized spacial score (nSPS) is 12.0. The van der Waals surface area contributed by atoms with Gasteiger partial charge in [0.1, 0.15) is 0 Å². The van der Waals surface area contributed by atoms with E-state index < -0.39 is 0 Å². The smallest absolute Gasteiger partial charge is 0.209 e. The number of aromatic nitrogens is 2. The molecule has 2 heterocycles. The minimum absolute atomic E-state index is 0.00884. The Hall–Kier alpha value is -3.33. The second-order valence-corrected chi connectivity index (χ2v) is 6.49. The summed E-state index contributed by atoms with van der Waals surface area (Å²) >= 11 is 0. The van der Waals surface area contributed by atoms with Gasteiger partial charge in [-0.3, -0.25) is 4.79 Å². The van der Waals surface area contributed by atoms with Crippen molar-refractivity contribution < 1.29 is 4.79 Å². The summed E-state index contributed by atoms with van der Waals surface area (Å²) in [5.74, 6) is 0.0420. The van der Waals surface area contributed by atoms with Crippen LogP contribution >= 0.6 is 0 Å². The first kappa shape index (κ1) is 16.2. The zero-order valence-electron chi connectivity index (χ0n) is 14.6. The molecule has 0 spiro atoms. The summed E-state index contributed by atoms with van der Waals surface area (Å²) < 4.78 is 0. The lowest BCUT2D eigenvalue weighted by Crippen LogP contribution is -2.06. The van der Waals surface area contributed by atoms with Gasteiger partial charge in [0.15, 0.2) is 0 Å². The lowest BCUT2D eigenvalue weighted by Gasteiger charge is -2.15. The minimum Gasteiger partial charge on any atom is -0.364 e. The number of carbonyl (C=O) groups excluding carboxylic acids is 1. The third-order valence-corrected chi connectivity index (χ3v) is 4.64. The third kappa shape index (κ3) is 3.11. The van der Waals surface area contributed by atoms with Gasteiger partial charge in [-0.25, -0.2) is 0 Å². The van der Waals surface area contributed by atoms with Crippen molar-refractivity contribution >= 4 is 5.78 Å². The number of hydrogen-bond donors (Lipinski definition) is 2. The fourth-order valence-electron chi connectivity index (χ4n) is 3.27. The van der Waals surface area contributed by atoms with E-state index >= 15 is 0 Å². The van der Waals surface area contributed by atoms with E-state index in [1.54, 1.807) is 0 Å². The fourth-order valence-corrected chi connectivity index (χ4v) is 3.27. The summed E-state index contributed by atoms with van der Waals surface area (Å²) in [5.41, 5.74) is 5.70. The number of H-pyrrole nitrogens is 2. The summed E-state index contributed by atoms with van der Waals surface area (Å²) in [5, 5.41) is 0. The quantitative estimate of drug-likeness (QED) is 0.490. The number of carbonyl (C=O) groups is 1. The molecule has 4 aromatic rings.